The lowest BCUT2D eigenvalue weighted by molar-refractivity contribution is -0.120. The molecule has 8 heteroatoms. The number of amides is 1. The third-order valence-electron chi connectivity index (χ3n) is 3.53. The standard InChI is InChI=1S/C14H19N3O3S2/c1-4-9(5-2)13(18)17-14-16-11-7-6-10(8-12(11)21-14)22(19,20)15-3/h6-9,15H,4-5H2,1-3H3,(H,16,17,18). The predicted octanol–water partition coefficient (Wildman–Crippen LogP) is 2.58. The SMILES string of the molecule is CCC(CC)C(=O)Nc1nc2ccc(S(=O)(=O)NC)cc2s1. The molecular formula is C14H19N3O3S2. The summed E-state index contributed by atoms with van der Waals surface area (Å²) in [6.45, 7) is 3.95. The molecule has 0 fully saturated rings. The third kappa shape index (κ3) is 3.45. The van der Waals surface area contributed by atoms with Gasteiger partial charge in [0, 0.05) is 5.92 Å². The molecule has 0 saturated heterocycles. The van der Waals surface area contributed by atoms with Gasteiger partial charge in [-0.3, -0.25) is 4.79 Å². The van der Waals surface area contributed by atoms with E-state index in [0.29, 0.717) is 10.6 Å². The first-order chi connectivity index (χ1) is 10.4. The monoisotopic (exact) mass is 341 g/mol. The van der Waals surface area contributed by atoms with Crippen molar-refractivity contribution in [3.8, 4) is 0 Å². The van der Waals surface area contributed by atoms with Crippen molar-refractivity contribution in [2.75, 3.05) is 12.4 Å². The Hall–Kier alpha value is -1.51. The van der Waals surface area contributed by atoms with E-state index in [1.54, 1.807) is 12.1 Å². The minimum Gasteiger partial charge on any atom is -0.302 e. The number of nitrogens with zero attached hydrogens (tertiary/aromatic N) is 1. The van der Waals surface area contributed by atoms with Crippen LogP contribution in [0.1, 0.15) is 26.7 Å². The molecule has 0 atom stereocenters. The zero-order valence-corrected chi connectivity index (χ0v) is 14.3. The van der Waals surface area contributed by atoms with Crippen LogP contribution in [0.5, 0.6) is 0 Å². The van der Waals surface area contributed by atoms with E-state index in [-0.39, 0.29) is 16.7 Å². The molecular weight excluding hydrogens is 322 g/mol. The molecule has 22 heavy (non-hydrogen) atoms. The summed E-state index contributed by atoms with van der Waals surface area (Å²) < 4.78 is 26.6. The topological polar surface area (TPSA) is 88.2 Å². The van der Waals surface area contributed by atoms with Crippen LogP contribution in [0.15, 0.2) is 23.1 Å². The third-order valence-corrected chi connectivity index (χ3v) is 5.87. The van der Waals surface area contributed by atoms with Crippen LogP contribution < -0.4 is 10.0 Å². The zero-order chi connectivity index (χ0) is 16.3. The zero-order valence-electron chi connectivity index (χ0n) is 12.7. The van der Waals surface area contributed by atoms with Crippen LogP contribution in [0.3, 0.4) is 0 Å². The smallest absolute Gasteiger partial charge is 0.240 e. The van der Waals surface area contributed by atoms with Crippen molar-refractivity contribution in [1.82, 2.24) is 9.71 Å². The summed E-state index contributed by atoms with van der Waals surface area (Å²) in [6.07, 6.45) is 1.55. The van der Waals surface area contributed by atoms with Crippen LogP contribution in [0.25, 0.3) is 10.2 Å². The number of hydrogen-bond donors (Lipinski definition) is 2. The highest BCUT2D eigenvalue weighted by Gasteiger charge is 2.17. The van der Waals surface area contributed by atoms with E-state index < -0.39 is 10.0 Å². The number of nitrogens with one attached hydrogen (secondary N) is 2. The highest BCUT2D eigenvalue weighted by Crippen LogP contribution is 2.28. The van der Waals surface area contributed by atoms with Crippen LogP contribution in [0.2, 0.25) is 0 Å². The Morgan fingerprint density at radius 3 is 2.59 bits per heavy atom. The fraction of sp³-hybridized carbons (Fsp3) is 0.429. The Morgan fingerprint density at radius 2 is 2.00 bits per heavy atom. The van der Waals surface area contributed by atoms with Crippen LogP contribution in [-0.4, -0.2) is 26.4 Å². The molecule has 1 amide bonds. The summed E-state index contributed by atoms with van der Waals surface area (Å²) in [5.74, 6) is -0.0839. The second kappa shape index (κ2) is 6.72. The van der Waals surface area contributed by atoms with E-state index in [0.717, 1.165) is 17.5 Å². The molecule has 2 aromatic rings. The van der Waals surface area contributed by atoms with Gasteiger partial charge in [0.2, 0.25) is 15.9 Å². The maximum atomic E-state index is 12.1. The molecule has 120 valence electrons. The molecule has 1 heterocycles. The van der Waals surface area contributed by atoms with Gasteiger partial charge in [-0.25, -0.2) is 18.1 Å². The predicted molar refractivity (Wildman–Crippen MR) is 88.6 cm³/mol. The molecule has 1 aromatic heterocycles. The number of carbonyl (C=O) groups excluding carboxylic acids is 1. The lowest BCUT2D eigenvalue weighted by atomic mass is 10.0. The average Bonchev–Trinajstić information content (AvgIpc) is 2.89. The van der Waals surface area contributed by atoms with Gasteiger partial charge < -0.3 is 5.32 Å². The highest BCUT2D eigenvalue weighted by atomic mass is 32.2. The van der Waals surface area contributed by atoms with Gasteiger partial charge in [0.1, 0.15) is 0 Å². The van der Waals surface area contributed by atoms with Crippen molar-refractivity contribution in [2.24, 2.45) is 5.92 Å². The maximum absolute atomic E-state index is 12.1. The van der Waals surface area contributed by atoms with E-state index in [9.17, 15) is 13.2 Å². The average molecular weight is 341 g/mol. The van der Waals surface area contributed by atoms with Crippen LogP contribution in [-0.2, 0) is 14.8 Å². The summed E-state index contributed by atoms with van der Waals surface area (Å²) >= 11 is 1.27. The van der Waals surface area contributed by atoms with E-state index in [1.165, 1.54) is 24.5 Å². The molecule has 1 aromatic carbocycles. The molecule has 0 spiro atoms. The first-order valence-corrected chi connectivity index (χ1v) is 9.36. The number of benzene rings is 1. The van der Waals surface area contributed by atoms with Crippen molar-refractivity contribution in [3.63, 3.8) is 0 Å². The molecule has 0 aliphatic heterocycles. The molecule has 2 N–H and O–H groups in total. The van der Waals surface area contributed by atoms with Gasteiger partial charge >= 0.3 is 0 Å². The van der Waals surface area contributed by atoms with Crippen molar-refractivity contribution >= 4 is 42.6 Å². The summed E-state index contributed by atoms with van der Waals surface area (Å²) in [4.78, 5) is 16.6. The van der Waals surface area contributed by atoms with Gasteiger partial charge in [-0.1, -0.05) is 25.2 Å². The normalized spacial score (nSPS) is 12.0. The number of thiazole rings is 1. The molecule has 0 saturated carbocycles. The number of rotatable bonds is 6. The number of hydrogen-bond acceptors (Lipinski definition) is 5. The highest BCUT2D eigenvalue weighted by molar-refractivity contribution is 7.89. The minimum absolute atomic E-state index is 0.0350. The van der Waals surface area contributed by atoms with Gasteiger partial charge in [-0.2, -0.15) is 0 Å². The summed E-state index contributed by atoms with van der Waals surface area (Å²) in [5.41, 5.74) is 0.667. The second-order valence-corrected chi connectivity index (χ2v) is 7.78. The molecule has 0 unspecified atom stereocenters. The first-order valence-electron chi connectivity index (χ1n) is 7.06. The minimum atomic E-state index is -3.48. The van der Waals surface area contributed by atoms with Gasteiger partial charge in [0.25, 0.3) is 0 Å². The molecule has 0 radical (unpaired) electrons. The Labute approximate surface area is 134 Å². The Bertz CT molecular complexity index is 780. The summed E-state index contributed by atoms with van der Waals surface area (Å²) in [5, 5.41) is 3.30. The van der Waals surface area contributed by atoms with Gasteiger partial charge in [0.05, 0.1) is 15.1 Å². The Kier molecular flexibility index (Phi) is 5.15. The fourth-order valence-corrected chi connectivity index (χ4v) is 3.85. The van der Waals surface area contributed by atoms with E-state index in [4.69, 9.17) is 0 Å². The van der Waals surface area contributed by atoms with E-state index in [2.05, 4.69) is 15.0 Å². The lowest BCUT2D eigenvalue weighted by Gasteiger charge is -2.10. The maximum Gasteiger partial charge on any atom is 0.240 e. The number of sulfonamides is 1. The van der Waals surface area contributed by atoms with Crippen LogP contribution in [0.4, 0.5) is 5.13 Å². The Balaban J connectivity index is 2.30. The van der Waals surface area contributed by atoms with Crippen LogP contribution in [0, 0.1) is 5.92 Å². The van der Waals surface area contributed by atoms with Gasteiger partial charge in [-0.05, 0) is 38.1 Å². The second-order valence-electron chi connectivity index (χ2n) is 4.86. The van der Waals surface area contributed by atoms with Crippen molar-refractivity contribution in [2.45, 2.75) is 31.6 Å². The molecule has 0 aliphatic rings. The van der Waals surface area contributed by atoms with Gasteiger partial charge in [0.15, 0.2) is 5.13 Å². The number of anilines is 1. The molecule has 0 aliphatic carbocycles. The van der Waals surface area contributed by atoms with Crippen molar-refractivity contribution in [3.05, 3.63) is 18.2 Å². The van der Waals surface area contributed by atoms with Crippen molar-refractivity contribution in [1.29, 1.82) is 0 Å². The molecule has 0 bridgehead atoms. The largest absolute Gasteiger partial charge is 0.302 e. The number of fused-ring (bicyclic) bond motifs is 1. The fourth-order valence-electron chi connectivity index (χ4n) is 2.11. The molecule has 6 nitrogen and oxygen atoms in total. The van der Waals surface area contributed by atoms with Crippen molar-refractivity contribution < 1.29 is 13.2 Å². The molecule has 2 rings (SSSR count). The number of carbonyl (C=O) groups is 1. The summed E-state index contributed by atoms with van der Waals surface area (Å²) in [6, 6.07) is 4.70. The van der Waals surface area contributed by atoms with E-state index in [1.807, 2.05) is 13.8 Å². The first kappa shape index (κ1) is 16.9. The summed E-state index contributed by atoms with van der Waals surface area (Å²) in [7, 11) is -2.11. The number of aromatic nitrogens is 1. The van der Waals surface area contributed by atoms with Crippen LogP contribution >= 0.6 is 11.3 Å². The Morgan fingerprint density at radius 1 is 1.32 bits per heavy atom. The van der Waals surface area contributed by atoms with E-state index >= 15 is 0 Å². The van der Waals surface area contributed by atoms with Gasteiger partial charge in [-0.15, -0.1) is 0 Å². The lowest BCUT2D eigenvalue weighted by Crippen LogP contribution is -2.21. The quantitative estimate of drug-likeness (QED) is 0.845.